The van der Waals surface area contributed by atoms with E-state index >= 15 is 0 Å². The van der Waals surface area contributed by atoms with Gasteiger partial charge in [-0.3, -0.25) is 9.69 Å². The van der Waals surface area contributed by atoms with E-state index in [9.17, 15) is 9.90 Å². The maximum Gasteiger partial charge on any atom is 0.227 e. The summed E-state index contributed by atoms with van der Waals surface area (Å²) in [5.41, 5.74) is 1.32. The number of amides is 1. The Morgan fingerprint density at radius 2 is 1.95 bits per heavy atom. The van der Waals surface area contributed by atoms with Crippen molar-refractivity contribution in [3.63, 3.8) is 0 Å². The van der Waals surface area contributed by atoms with Crippen molar-refractivity contribution in [2.45, 2.75) is 32.7 Å². The minimum Gasteiger partial charge on any atom is -0.376 e. The molecule has 0 aromatic heterocycles. The van der Waals surface area contributed by atoms with Crippen LogP contribution in [0.2, 0.25) is 0 Å². The second-order valence-corrected chi connectivity index (χ2v) is 5.78. The van der Waals surface area contributed by atoms with Crippen LogP contribution >= 0.6 is 0 Å². The third kappa shape index (κ3) is 4.55. The zero-order chi connectivity index (χ0) is 15.1. The summed E-state index contributed by atoms with van der Waals surface area (Å²) >= 11 is 0. The maximum atomic E-state index is 12.3. The van der Waals surface area contributed by atoms with E-state index in [1.165, 1.54) is 5.56 Å². The molecular formula is C17H26N2O2. The Balaban J connectivity index is 1.81. The van der Waals surface area contributed by atoms with Crippen molar-refractivity contribution in [3.05, 3.63) is 35.9 Å². The Morgan fingerprint density at radius 1 is 1.29 bits per heavy atom. The van der Waals surface area contributed by atoms with Gasteiger partial charge in [-0.25, -0.2) is 0 Å². The van der Waals surface area contributed by atoms with E-state index in [0.29, 0.717) is 6.54 Å². The number of hydrogen-bond acceptors (Lipinski definition) is 3. The minimum atomic E-state index is -0.156. The predicted octanol–water partition coefficient (Wildman–Crippen LogP) is 2.09. The van der Waals surface area contributed by atoms with E-state index in [1.807, 2.05) is 13.0 Å². The van der Waals surface area contributed by atoms with Crippen LogP contribution in [0.1, 0.15) is 31.7 Å². The van der Waals surface area contributed by atoms with Crippen molar-refractivity contribution in [2.75, 3.05) is 26.4 Å². The van der Waals surface area contributed by atoms with Gasteiger partial charge in [0, 0.05) is 19.0 Å². The minimum absolute atomic E-state index is 0.0794. The molecule has 1 aliphatic rings. The summed E-state index contributed by atoms with van der Waals surface area (Å²) in [6.45, 7) is 5.39. The summed E-state index contributed by atoms with van der Waals surface area (Å²) in [6.07, 6.45) is 2.68. The second-order valence-electron chi connectivity index (χ2n) is 5.78. The van der Waals surface area contributed by atoms with E-state index in [1.54, 1.807) is 4.90 Å². The molecule has 116 valence electrons. The first kappa shape index (κ1) is 16.0. The summed E-state index contributed by atoms with van der Waals surface area (Å²) in [5.74, 6) is 0.203. The van der Waals surface area contributed by atoms with Crippen LogP contribution in [0.3, 0.4) is 0 Å². The van der Waals surface area contributed by atoms with Crippen LogP contribution in [0.4, 0.5) is 0 Å². The molecular weight excluding hydrogens is 264 g/mol. The Labute approximate surface area is 127 Å². The molecule has 1 heterocycles. The number of nitrogens with zero attached hydrogens (tertiary/aromatic N) is 2. The molecule has 0 saturated carbocycles. The molecule has 1 aromatic rings. The van der Waals surface area contributed by atoms with Gasteiger partial charge in [0.25, 0.3) is 0 Å². The van der Waals surface area contributed by atoms with Gasteiger partial charge in [-0.2, -0.15) is 0 Å². The van der Waals surface area contributed by atoms with Crippen molar-refractivity contribution in [3.8, 4) is 0 Å². The average Bonchev–Trinajstić information content (AvgIpc) is 2.54. The van der Waals surface area contributed by atoms with Crippen LogP contribution in [-0.4, -0.2) is 47.2 Å². The highest BCUT2D eigenvalue weighted by Gasteiger charge is 2.27. The van der Waals surface area contributed by atoms with Crippen LogP contribution in [0.15, 0.2) is 30.3 Å². The Morgan fingerprint density at radius 3 is 2.52 bits per heavy atom. The van der Waals surface area contributed by atoms with Gasteiger partial charge in [0.1, 0.15) is 6.73 Å². The third-order valence-corrected chi connectivity index (χ3v) is 4.16. The molecule has 4 heteroatoms. The maximum absolute atomic E-state index is 12.3. The van der Waals surface area contributed by atoms with Crippen LogP contribution in [0.25, 0.3) is 0 Å². The van der Waals surface area contributed by atoms with Gasteiger partial charge in [0.2, 0.25) is 5.91 Å². The molecule has 21 heavy (non-hydrogen) atoms. The van der Waals surface area contributed by atoms with Crippen molar-refractivity contribution >= 4 is 5.91 Å². The number of carbonyl (C=O) groups excluding carboxylic acids is 1. The highest BCUT2D eigenvalue weighted by molar-refractivity contribution is 5.78. The molecule has 0 radical (unpaired) electrons. The lowest BCUT2D eigenvalue weighted by molar-refractivity contribution is -0.140. The first-order chi connectivity index (χ1) is 10.2. The van der Waals surface area contributed by atoms with Gasteiger partial charge in [-0.05, 0) is 37.9 Å². The molecule has 1 aliphatic heterocycles. The molecule has 0 unspecified atom stereocenters. The topological polar surface area (TPSA) is 43.8 Å². The molecule has 4 nitrogen and oxygen atoms in total. The van der Waals surface area contributed by atoms with Crippen LogP contribution < -0.4 is 0 Å². The van der Waals surface area contributed by atoms with Gasteiger partial charge in [-0.15, -0.1) is 0 Å². The second kappa shape index (κ2) is 8.15. The van der Waals surface area contributed by atoms with Crippen molar-refractivity contribution in [1.29, 1.82) is 0 Å². The third-order valence-electron chi connectivity index (χ3n) is 4.16. The van der Waals surface area contributed by atoms with Crippen LogP contribution in [0.5, 0.6) is 0 Å². The summed E-state index contributed by atoms with van der Waals surface area (Å²) in [7, 11) is 0. The van der Waals surface area contributed by atoms with Gasteiger partial charge in [-0.1, -0.05) is 37.3 Å². The van der Waals surface area contributed by atoms with Gasteiger partial charge in [0.15, 0.2) is 0 Å². The van der Waals surface area contributed by atoms with Crippen molar-refractivity contribution in [1.82, 2.24) is 9.80 Å². The summed E-state index contributed by atoms with van der Waals surface area (Å²) in [4.78, 5) is 16.3. The fourth-order valence-corrected chi connectivity index (χ4v) is 2.96. The molecule has 0 aliphatic carbocycles. The number of aliphatic hydroxyl groups excluding tert-OH is 1. The number of hydrogen-bond donors (Lipinski definition) is 1. The fourth-order valence-electron chi connectivity index (χ4n) is 2.96. The molecule has 0 atom stereocenters. The first-order valence-corrected chi connectivity index (χ1v) is 7.90. The molecule has 1 saturated heterocycles. The van der Waals surface area contributed by atoms with Crippen LogP contribution in [-0.2, 0) is 11.3 Å². The highest BCUT2D eigenvalue weighted by atomic mass is 16.3. The van der Waals surface area contributed by atoms with Crippen molar-refractivity contribution < 1.29 is 9.90 Å². The zero-order valence-corrected chi connectivity index (χ0v) is 12.9. The summed E-state index contributed by atoms with van der Waals surface area (Å²) in [5, 5.41) is 9.30. The monoisotopic (exact) mass is 290 g/mol. The SMILES string of the molecule is CCCN(CO)C(=O)C1CCN(Cc2ccccc2)CC1. The number of benzene rings is 1. The molecule has 1 N–H and O–H groups in total. The highest BCUT2D eigenvalue weighted by Crippen LogP contribution is 2.21. The summed E-state index contributed by atoms with van der Waals surface area (Å²) < 4.78 is 0. The van der Waals surface area contributed by atoms with Crippen molar-refractivity contribution in [2.24, 2.45) is 5.92 Å². The molecule has 0 bridgehead atoms. The normalized spacial score (nSPS) is 16.9. The van der Waals surface area contributed by atoms with Gasteiger partial charge >= 0.3 is 0 Å². The number of likely N-dealkylation sites (tertiary alicyclic amines) is 1. The Bertz CT molecular complexity index is 428. The van der Waals surface area contributed by atoms with E-state index < -0.39 is 0 Å². The average molecular weight is 290 g/mol. The van der Waals surface area contributed by atoms with Crippen LogP contribution in [0, 0.1) is 5.92 Å². The number of aliphatic hydroxyl groups is 1. The molecule has 0 spiro atoms. The predicted molar refractivity (Wildman–Crippen MR) is 83.5 cm³/mol. The summed E-state index contributed by atoms with van der Waals surface area (Å²) in [6, 6.07) is 10.5. The molecule has 1 amide bonds. The Kier molecular flexibility index (Phi) is 6.21. The number of piperidine rings is 1. The van der Waals surface area contributed by atoms with E-state index in [0.717, 1.165) is 38.9 Å². The first-order valence-electron chi connectivity index (χ1n) is 7.90. The largest absolute Gasteiger partial charge is 0.376 e. The fraction of sp³-hybridized carbons (Fsp3) is 0.588. The Hall–Kier alpha value is -1.39. The van der Waals surface area contributed by atoms with Gasteiger partial charge in [0.05, 0.1) is 0 Å². The van der Waals surface area contributed by atoms with E-state index in [2.05, 4.69) is 29.2 Å². The standard InChI is InChI=1S/C17H26N2O2/c1-2-10-19(14-20)17(21)16-8-11-18(12-9-16)13-15-6-4-3-5-7-15/h3-7,16,20H,2,8-14H2,1H3. The number of carbonyl (C=O) groups is 1. The number of rotatable bonds is 6. The molecule has 2 rings (SSSR count). The van der Waals surface area contributed by atoms with Gasteiger partial charge < -0.3 is 10.0 Å². The van der Waals surface area contributed by atoms with E-state index in [4.69, 9.17) is 0 Å². The lowest BCUT2D eigenvalue weighted by atomic mass is 9.95. The smallest absolute Gasteiger partial charge is 0.227 e. The lowest BCUT2D eigenvalue weighted by Crippen LogP contribution is -2.43. The molecule has 1 aromatic carbocycles. The molecule has 1 fully saturated rings. The zero-order valence-electron chi connectivity index (χ0n) is 12.9. The van der Waals surface area contributed by atoms with E-state index in [-0.39, 0.29) is 18.6 Å². The quantitative estimate of drug-likeness (QED) is 0.816. The lowest BCUT2D eigenvalue weighted by Gasteiger charge is -2.33.